The number of rotatable bonds is 6. The van der Waals surface area contributed by atoms with Crippen LogP contribution in [0.5, 0.6) is 0 Å². The second-order valence-electron chi connectivity index (χ2n) is 6.90. The molecule has 0 spiro atoms. The van der Waals surface area contributed by atoms with Gasteiger partial charge in [0.25, 0.3) is 0 Å². The number of carbonyl (C=O) groups is 2. The minimum Gasteiger partial charge on any atom is -0.478 e. The molecule has 1 aliphatic heterocycles. The minimum atomic E-state index is -0.969. The predicted octanol–water partition coefficient (Wildman–Crippen LogP) is 2.35. The van der Waals surface area contributed by atoms with Gasteiger partial charge < -0.3 is 15.3 Å². The van der Waals surface area contributed by atoms with Gasteiger partial charge in [-0.3, -0.25) is 9.69 Å². The Hall–Kier alpha value is -2.93. The van der Waals surface area contributed by atoms with E-state index in [1.165, 1.54) is 24.3 Å². The molecule has 1 unspecified atom stereocenters. The Bertz CT molecular complexity index is 816. The highest BCUT2D eigenvalue weighted by molar-refractivity contribution is 5.87. The number of carboxylic acids is 1. The summed E-state index contributed by atoms with van der Waals surface area (Å²) in [6.07, 6.45) is 0. The molecule has 1 saturated heterocycles. The average Bonchev–Trinajstić information content (AvgIpc) is 2.72. The lowest BCUT2D eigenvalue weighted by molar-refractivity contribution is -0.126. The van der Waals surface area contributed by atoms with E-state index in [9.17, 15) is 14.0 Å². The molecule has 1 fully saturated rings. The first kappa shape index (κ1) is 19.8. The van der Waals surface area contributed by atoms with E-state index in [-0.39, 0.29) is 23.3 Å². The lowest BCUT2D eigenvalue weighted by Crippen LogP contribution is -2.53. The zero-order valence-corrected chi connectivity index (χ0v) is 15.8. The summed E-state index contributed by atoms with van der Waals surface area (Å²) >= 11 is 0. The van der Waals surface area contributed by atoms with E-state index in [4.69, 9.17) is 5.11 Å². The Morgan fingerprint density at radius 1 is 1.04 bits per heavy atom. The molecule has 0 saturated carbocycles. The fourth-order valence-corrected chi connectivity index (χ4v) is 3.29. The van der Waals surface area contributed by atoms with Crippen molar-refractivity contribution < 1.29 is 19.1 Å². The van der Waals surface area contributed by atoms with Crippen LogP contribution >= 0.6 is 0 Å². The summed E-state index contributed by atoms with van der Waals surface area (Å²) < 4.78 is 13.1. The van der Waals surface area contributed by atoms with E-state index < -0.39 is 5.97 Å². The molecule has 1 heterocycles. The molecule has 3 rings (SSSR count). The first-order valence-corrected chi connectivity index (χ1v) is 9.28. The topological polar surface area (TPSA) is 72.9 Å². The number of hydrogen-bond acceptors (Lipinski definition) is 4. The molecule has 28 heavy (non-hydrogen) atoms. The molecule has 2 N–H and O–H groups in total. The maximum atomic E-state index is 13.1. The van der Waals surface area contributed by atoms with Gasteiger partial charge >= 0.3 is 5.97 Å². The molecule has 0 bridgehead atoms. The predicted molar refractivity (Wildman–Crippen MR) is 105 cm³/mol. The summed E-state index contributed by atoms with van der Waals surface area (Å²) in [4.78, 5) is 27.7. The van der Waals surface area contributed by atoms with Gasteiger partial charge in [0.2, 0.25) is 5.91 Å². The van der Waals surface area contributed by atoms with Crippen LogP contribution in [0.4, 0.5) is 10.1 Å². The second-order valence-corrected chi connectivity index (χ2v) is 6.90. The van der Waals surface area contributed by atoms with Gasteiger partial charge in [0.15, 0.2) is 0 Å². The molecule has 1 atom stereocenters. The summed E-state index contributed by atoms with van der Waals surface area (Å²) in [6, 6.07) is 12.7. The van der Waals surface area contributed by atoms with E-state index in [1.807, 2.05) is 6.92 Å². The number of amides is 1. The molecule has 2 aromatic rings. The number of nitrogens with zero attached hydrogens (tertiary/aromatic N) is 2. The number of nitrogens with one attached hydrogen (secondary N) is 1. The number of piperazine rings is 1. The number of hydrogen-bond donors (Lipinski definition) is 2. The van der Waals surface area contributed by atoms with Crippen LogP contribution in [0.2, 0.25) is 0 Å². The van der Waals surface area contributed by atoms with Crippen molar-refractivity contribution >= 4 is 17.6 Å². The maximum Gasteiger partial charge on any atom is 0.335 e. The van der Waals surface area contributed by atoms with Crippen LogP contribution < -0.4 is 10.2 Å². The maximum absolute atomic E-state index is 13.1. The van der Waals surface area contributed by atoms with Crippen molar-refractivity contribution in [3.8, 4) is 0 Å². The van der Waals surface area contributed by atoms with Gasteiger partial charge in [0.1, 0.15) is 5.82 Å². The fourth-order valence-electron chi connectivity index (χ4n) is 3.29. The number of carbonyl (C=O) groups excluding carboxylic acids is 1. The van der Waals surface area contributed by atoms with Crippen molar-refractivity contribution in [3.05, 3.63) is 65.5 Å². The molecule has 1 aliphatic rings. The van der Waals surface area contributed by atoms with Gasteiger partial charge in [-0.25, -0.2) is 9.18 Å². The highest BCUT2D eigenvalue weighted by Crippen LogP contribution is 2.18. The van der Waals surface area contributed by atoms with Crippen LogP contribution in [0, 0.1) is 5.82 Å². The van der Waals surface area contributed by atoms with Gasteiger partial charge in [-0.15, -0.1) is 0 Å². The van der Waals surface area contributed by atoms with Crippen molar-refractivity contribution in [1.82, 2.24) is 10.2 Å². The number of benzene rings is 2. The summed E-state index contributed by atoms with van der Waals surface area (Å²) in [5.41, 5.74) is 2.07. The Kier molecular flexibility index (Phi) is 6.26. The zero-order valence-electron chi connectivity index (χ0n) is 15.8. The molecule has 0 radical (unpaired) electrons. The highest BCUT2D eigenvalue weighted by atomic mass is 19.1. The van der Waals surface area contributed by atoms with E-state index in [0.717, 1.165) is 37.4 Å². The lowest BCUT2D eigenvalue weighted by atomic mass is 10.1. The minimum absolute atomic E-state index is 0.0578. The summed E-state index contributed by atoms with van der Waals surface area (Å²) in [7, 11) is 0. The SMILES string of the molecule is CC(C(=O)NCc1ccc(C(=O)O)cc1)N1CCN(c2ccc(F)cc2)CC1. The Labute approximate surface area is 163 Å². The second kappa shape index (κ2) is 8.84. The Balaban J connectivity index is 1.47. The molecular formula is C21H24FN3O3. The third-order valence-corrected chi connectivity index (χ3v) is 5.10. The number of halogens is 1. The normalized spacial score (nSPS) is 15.9. The van der Waals surface area contributed by atoms with Crippen LogP contribution in [0.1, 0.15) is 22.8 Å². The molecule has 2 aromatic carbocycles. The van der Waals surface area contributed by atoms with Crippen molar-refractivity contribution in [3.63, 3.8) is 0 Å². The van der Waals surface area contributed by atoms with E-state index in [2.05, 4.69) is 15.1 Å². The van der Waals surface area contributed by atoms with E-state index >= 15 is 0 Å². The Morgan fingerprint density at radius 3 is 2.21 bits per heavy atom. The molecular weight excluding hydrogens is 361 g/mol. The third kappa shape index (κ3) is 4.86. The zero-order chi connectivity index (χ0) is 20.1. The number of anilines is 1. The molecule has 148 valence electrons. The van der Waals surface area contributed by atoms with Gasteiger partial charge in [0, 0.05) is 38.4 Å². The highest BCUT2D eigenvalue weighted by Gasteiger charge is 2.25. The standard InChI is InChI=1S/C21H24FN3O3/c1-15(20(26)23-14-16-2-4-17(5-3-16)21(27)28)24-10-12-25(13-11-24)19-8-6-18(22)7-9-19/h2-9,15H,10-14H2,1H3,(H,23,26)(H,27,28). The van der Waals surface area contributed by atoms with E-state index in [0.29, 0.717) is 6.54 Å². The number of aromatic carboxylic acids is 1. The van der Waals surface area contributed by atoms with Crippen LogP contribution in [-0.4, -0.2) is 54.1 Å². The smallest absolute Gasteiger partial charge is 0.335 e. The van der Waals surface area contributed by atoms with Crippen LogP contribution in [0.25, 0.3) is 0 Å². The van der Waals surface area contributed by atoms with Crippen molar-refractivity contribution in [1.29, 1.82) is 0 Å². The first-order chi connectivity index (χ1) is 13.4. The summed E-state index contributed by atoms with van der Waals surface area (Å²) in [5.74, 6) is -1.27. The van der Waals surface area contributed by atoms with Crippen LogP contribution in [0.15, 0.2) is 48.5 Å². The fraction of sp³-hybridized carbons (Fsp3) is 0.333. The van der Waals surface area contributed by atoms with Gasteiger partial charge in [-0.2, -0.15) is 0 Å². The van der Waals surface area contributed by atoms with Crippen LogP contribution in [0.3, 0.4) is 0 Å². The van der Waals surface area contributed by atoms with Gasteiger partial charge in [0.05, 0.1) is 11.6 Å². The quantitative estimate of drug-likeness (QED) is 0.799. The molecule has 1 amide bonds. The van der Waals surface area contributed by atoms with E-state index in [1.54, 1.807) is 24.3 Å². The van der Waals surface area contributed by atoms with Crippen molar-refractivity contribution in [2.45, 2.75) is 19.5 Å². The largest absolute Gasteiger partial charge is 0.478 e. The van der Waals surface area contributed by atoms with Crippen molar-refractivity contribution in [2.75, 3.05) is 31.1 Å². The lowest BCUT2D eigenvalue weighted by Gasteiger charge is -2.38. The summed E-state index contributed by atoms with van der Waals surface area (Å²) in [6.45, 7) is 5.30. The molecule has 7 heteroatoms. The third-order valence-electron chi connectivity index (χ3n) is 5.10. The first-order valence-electron chi connectivity index (χ1n) is 9.28. The van der Waals surface area contributed by atoms with Crippen molar-refractivity contribution in [2.24, 2.45) is 0 Å². The summed E-state index contributed by atoms with van der Waals surface area (Å²) in [5, 5.41) is 11.8. The Morgan fingerprint density at radius 2 is 1.64 bits per heavy atom. The van der Waals surface area contributed by atoms with Gasteiger partial charge in [-0.05, 0) is 48.9 Å². The number of carboxylic acid groups (broad SMARTS) is 1. The van der Waals surface area contributed by atoms with Crippen LogP contribution in [-0.2, 0) is 11.3 Å². The molecule has 6 nitrogen and oxygen atoms in total. The molecule has 0 aliphatic carbocycles. The average molecular weight is 385 g/mol. The molecule has 0 aromatic heterocycles. The van der Waals surface area contributed by atoms with Gasteiger partial charge in [-0.1, -0.05) is 12.1 Å². The monoisotopic (exact) mass is 385 g/mol.